The minimum Gasteiger partial charge on any atom is -0.364 e. The number of hydrogen-bond donors (Lipinski definition) is 1. The molecule has 4 heteroatoms. The lowest BCUT2D eigenvalue weighted by atomic mass is 9.64. The molecular weight excluding hydrogens is 210 g/mol. The number of anilines is 1. The molecule has 0 aromatic carbocycles. The van der Waals surface area contributed by atoms with Crippen LogP contribution in [0.2, 0.25) is 5.15 Å². The lowest BCUT2D eigenvalue weighted by Crippen LogP contribution is -2.73. The van der Waals surface area contributed by atoms with Gasteiger partial charge in [-0.25, -0.2) is 4.98 Å². The van der Waals surface area contributed by atoms with Crippen LogP contribution in [0.4, 0.5) is 5.69 Å². The normalized spacial score (nSPS) is 33.1. The van der Waals surface area contributed by atoms with Crippen molar-refractivity contribution in [1.82, 2.24) is 4.98 Å². The molecule has 1 saturated heterocycles. The van der Waals surface area contributed by atoms with E-state index in [1.165, 1.54) is 0 Å². The van der Waals surface area contributed by atoms with Crippen molar-refractivity contribution < 1.29 is 0 Å². The van der Waals surface area contributed by atoms with Gasteiger partial charge >= 0.3 is 0 Å². The molecule has 78 valence electrons. The van der Waals surface area contributed by atoms with Gasteiger partial charge in [0.15, 0.2) is 0 Å². The van der Waals surface area contributed by atoms with Crippen LogP contribution < -0.4 is 10.6 Å². The number of nitrogens with two attached hydrogens (primary N) is 1. The van der Waals surface area contributed by atoms with Crippen molar-refractivity contribution >= 4 is 17.3 Å². The van der Waals surface area contributed by atoms with Gasteiger partial charge in [0.2, 0.25) is 0 Å². The molecule has 1 aromatic heterocycles. The summed E-state index contributed by atoms with van der Waals surface area (Å²) in [6.45, 7) is 5.01. The van der Waals surface area contributed by atoms with E-state index in [1.54, 1.807) is 6.20 Å². The van der Waals surface area contributed by atoms with Crippen LogP contribution in [0.15, 0.2) is 30.5 Å². The molecule has 1 aliphatic carbocycles. The van der Waals surface area contributed by atoms with Crippen molar-refractivity contribution in [2.24, 2.45) is 11.7 Å². The lowest BCUT2D eigenvalue weighted by molar-refractivity contribution is 0.205. The Bertz CT molecular complexity index is 432. The fourth-order valence-corrected chi connectivity index (χ4v) is 2.68. The van der Waals surface area contributed by atoms with E-state index in [4.69, 9.17) is 17.3 Å². The first-order chi connectivity index (χ1) is 7.18. The summed E-state index contributed by atoms with van der Waals surface area (Å²) in [6.07, 6.45) is 1.73. The van der Waals surface area contributed by atoms with Gasteiger partial charge in [0, 0.05) is 30.4 Å². The molecule has 3 rings (SSSR count). The Balaban J connectivity index is 1.84. The van der Waals surface area contributed by atoms with Crippen molar-refractivity contribution in [3.8, 4) is 0 Å². The molecule has 15 heavy (non-hydrogen) atoms. The van der Waals surface area contributed by atoms with E-state index in [9.17, 15) is 0 Å². The quantitative estimate of drug-likeness (QED) is 0.577. The van der Waals surface area contributed by atoms with E-state index < -0.39 is 0 Å². The molecule has 0 spiro atoms. The van der Waals surface area contributed by atoms with Crippen LogP contribution in [-0.2, 0) is 0 Å². The van der Waals surface area contributed by atoms with Crippen molar-refractivity contribution in [2.45, 2.75) is 12.1 Å². The predicted molar refractivity (Wildman–Crippen MR) is 61.0 cm³/mol. The number of piperidine rings is 1. The SMILES string of the molecule is C=C1C(N)C2CN(c3ccnc(Cl)c3)C12. The number of nitrogens with zero attached hydrogens (tertiary/aromatic N) is 2. The number of halogens is 1. The number of aromatic nitrogens is 1. The van der Waals surface area contributed by atoms with Crippen LogP contribution in [0.3, 0.4) is 0 Å². The highest BCUT2D eigenvalue weighted by Crippen LogP contribution is 2.46. The van der Waals surface area contributed by atoms with Gasteiger partial charge in [-0.05, 0) is 17.7 Å². The Kier molecular flexibility index (Phi) is 1.82. The third-order valence-electron chi connectivity index (χ3n) is 3.46. The maximum atomic E-state index is 5.91. The van der Waals surface area contributed by atoms with Crippen LogP contribution in [0.1, 0.15) is 0 Å². The fourth-order valence-electron chi connectivity index (χ4n) is 2.51. The molecule has 1 aliphatic heterocycles. The van der Waals surface area contributed by atoms with Crippen molar-refractivity contribution in [2.75, 3.05) is 11.4 Å². The summed E-state index contributed by atoms with van der Waals surface area (Å²) in [6, 6.07) is 4.48. The molecule has 2 aliphatic rings. The Morgan fingerprint density at radius 2 is 2.40 bits per heavy atom. The third kappa shape index (κ3) is 1.13. The van der Waals surface area contributed by atoms with E-state index in [-0.39, 0.29) is 6.04 Å². The Labute approximate surface area is 93.5 Å². The molecular formula is C11H12ClN3. The molecule has 3 atom stereocenters. The fraction of sp³-hybridized carbons (Fsp3) is 0.364. The van der Waals surface area contributed by atoms with Gasteiger partial charge in [0.25, 0.3) is 0 Å². The summed E-state index contributed by atoms with van der Waals surface area (Å²) in [4.78, 5) is 6.25. The average molecular weight is 222 g/mol. The smallest absolute Gasteiger partial charge is 0.131 e. The maximum absolute atomic E-state index is 5.91. The summed E-state index contributed by atoms with van der Waals surface area (Å²) in [5.74, 6) is 0.587. The molecule has 1 aromatic rings. The Hall–Kier alpha value is -1.06. The first-order valence-electron chi connectivity index (χ1n) is 5.01. The van der Waals surface area contributed by atoms with Crippen molar-refractivity contribution in [1.29, 1.82) is 0 Å². The van der Waals surface area contributed by atoms with Gasteiger partial charge in [0.1, 0.15) is 5.15 Å². The van der Waals surface area contributed by atoms with Gasteiger partial charge in [-0.15, -0.1) is 0 Å². The van der Waals surface area contributed by atoms with Crippen molar-refractivity contribution in [3.63, 3.8) is 0 Å². The summed E-state index contributed by atoms with van der Waals surface area (Å²) in [5.41, 5.74) is 8.17. The molecule has 1 saturated carbocycles. The van der Waals surface area contributed by atoms with Crippen LogP contribution in [0.25, 0.3) is 0 Å². The van der Waals surface area contributed by atoms with Crippen LogP contribution >= 0.6 is 11.6 Å². The average Bonchev–Trinajstić information content (AvgIpc) is 2.16. The highest BCUT2D eigenvalue weighted by atomic mass is 35.5. The minimum atomic E-state index is 0.198. The standard InChI is InChI=1S/C11H12ClN3/c1-6-10(13)8-5-15(11(6)8)7-2-3-14-9(12)4-7/h2-4,8,10-11H,1,5,13H2. The third-order valence-corrected chi connectivity index (χ3v) is 3.67. The second kappa shape index (κ2) is 2.97. The molecule has 0 radical (unpaired) electrons. The number of fused-ring (bicyclic) bond motifs is 1. The van der Waals surface area contributed by atoms with Crippen LogP contribution in [0.5, 0.6) is 0 Å². The zero-order valence-electron chi connectivity index (χ0n) is 8.23. The molecule has 3 nitrogen and oxygen atoms in total. The molecule has 3 unspecified atom stereocenters. The molecule has 2 fully saturated rings. The van der Waals surface area contributed by atoms with E-state index in [0.29, 0.717) is 17.1 Å². The van der Waals surface area contributed by atoms with Gasteiger partial charge in [0.05, 0.1) is 6.04 Å². The number of hydrogen-bond acceptors (Lipinski definition) is 3. The first kappa shape index (κ1) is 9.19. The molecule has 2 N–H and O–H groups in total. The van der Waals surface area contributed by atoms with E-state index in [0.717, 1.165) is 17.8 Å². The molecule has 2 heterocycles. The van der Waals surface area contributed by atoms with Gasteiger partial charge in [-0.1, -0.05) is 18.2 Å². The van der Waals surface area contributed by atoms with E-state index in [1.807, 2.05) is 12.1 Å². The first-order valence-corrected chi connectivity index (χ1v) is 5.39. The summed E-state index contributed by atoms with van der Waals surface area (Å²) < 4.78 is 0. The van der Waals surface area contributed by atoms with Gasteiger partial charge in [-0.2, -0.15) is 0 Å². The number of rotatable bonds is 1. The highest BCUT2D eigenvalue weighted by molar-refractivity contribution is 6.29. The monoisotopic (exact) mass is 221 g/mol. The zero-order valence-corrected chi connectivity index (χ0v) is 8.98. The summed E-state index contributed by atoms with van der Waals surface area (Å²) in [5, 5.41) is 0.533. The molecule has 0 bridgehead atoms. The Morgan fingerprint density at radius 1 is 1.60 bits per heavy atom. The van der Waals surface area contributed by atoms with Gasteiger partial charge in [-0.3, -0.25) is 0 Å². The minimum absolute atomic E-state index is 0.198. The van der Waals surface area contributed by atoms with E-state index in [2.05, 4.69) is 16.5 Å². The predicted octanol–water partition coefficient (Wildman–Crippen LogP) is 1.44. The summed E-state index contributed by atoms with van der Waals surface area (Å²) in [7, 11) is 0. The zero-order chi connectivity index (χ0) is 10.6. The van der Waals surface area contributed by atoms with E-state index >= 15 is 0 Å². The second-order valence-corrected chi connectivity index (χ2v) is 4.59. The lowest BCUT2D eigenvalue weighted by Gasteiger charge is -2.61. The molecule has 0 amide bonds. The Morgan fingerprint density at radius 3 is 3.07 bits per heavy atom. The second-order valence-electron chi connectivity index (χ2n) is 4.20. The topological polar surface area (TPSA) is 42.1 Å². The largest absolute Gasteiger partial charge is 0.364 e. The maximum Gasteiger partial charge on any atom is 0.131 e. The van der Waals surface area contributed by atoms with Gasteiger partial charge < -0.3 is 10.6 Å². The number of pyridine rings is 1. The summed E-state index contributed by atoms with van der Waals surface area (Å²) >= 11 is 5.85. The highest BCUT2D eigenvalue weighted by Gasteiger charge is 2.54. The van der Waals surface area contributed by atoms with Crippen LogP contribution in [0, 0.1) is 5.92 Å². The van der Waals surface area contributed by atoms with Crippen molar-refractivity contribution in [3.05, 3.63) is 35.6 Å². The van der Waals surface area contributed by atoms with Crippen LogP contribution in [-0.4, -0.2) is 23.6 Å².